The lowest BCUT2D eigenvalue weighted by Crippen LogP contribution is -2.39. The van der Waals surface area contributed by atoms with Crippen LogP contribution in [0.3, 0.4) is 0 Å². The highest BCUT2D eigenvalue weighted by molar-refractivity contribution is 5.43. The highest BCUT2D eigenvalue weighted by Gasteiger charge is 2.32. The summed E-state index contributed by atoms with van der Waals surface area (Å²) >= 11 is 0. The maximum atomic E-state index is 10.2. The lowest BCUT2D eigenvalue weighted by atomic mass is 9.80. The van der Waals surface area contributed by atoms with Gasteiger partial charge in [0.05, 0.1) is 12.2 Å². The maximum Gasteiger partial charge on any atom is 0.123 e. The Bertz CT molecular complexity index is 609. The average molecular weight is 284 g/mol. The minimum atomic E-state index is -0.981. The Labute approximate surface area is 124 Å². The van der Waals surface area contributed by atoms with Crippen LogP contribution in [0.4, 0.5) is 0 Å². The lowest BCUT2D eigenvalue weighted by molar-refractivity contribution is -0.0250. The van der Waals surface area contributed by atoms with Gasteiger partial charge >= 0.3 is 0 Å². The SMILES string of the molecule is OCC1(O)CCc2c(cccc2OCc2ccccc2)C1. The molecule has 1 unspecified atom stereocenters. The fourth-order valence-corrected chi connectivity index (χ4v) is 2.87. The molecule has 3 heteroatoms. The zero-order chi connectivity index (χ0) is 14.7. The minimum absolute atomic E-state index is 0.193. The molecule has 0 radical (unpaired) electrons. The summed E-state index contributed by atoms with van der Waals surface area (Å²) in [6.45, 7) is 0.350. The van der Waals surface area contributed by atoms with Crippen molar-refractivity contribution in [1.82, 2.24) is 0 Å². The molecule has 1 atom stereocenters. The van der Waals surface area contributed by atoms with Gasteiger partial charge in [0.1, 0.15) is 12.4 Å². The van der Waals surface area contributed by atoms with Gasteiger partial charge in [0.2, 0.25) is 0 Å². The van der Waals surface area contributed by atoms with Gasteiger partial charge in [-0.3, -0.25) is 0 Å². The van der Waals surface area contributed by atoms with Crippen LogP contribution in [0.1, 0.15) is 23.1 Å². The third-order valence-electron chi connectivity index (χ3n) is 4.12. The monoisotopic (exact) mass is 284 g/mol. The molecule has 0 heterocycles. The fourth-order valence-electron chi connectivity index (χ4n) is 2.87. The third kappa shape index (κ3) is 3.09. The zero-order valence-electron chi connectivity index (χ0n) is 12.0. The van der Waals surface area contributed by atoms with Crippen molar-refractivity contribution in [3.8, 4) is 5.75 Å². The lowest BCUT2D eigenvalue weighted by Gasteiger charge is -2.32. The number of ether oxygens (including phenoxy) is 1. The highest BCUT2D eigenvalue weighted by Crippen LogP contribution is 2.34. The van der Waals surface area contributed by atoms with Crippen molar-refractivity contribution < 1.29 is 14.9 Å². The van der Waals surface area contributed by atoms with Crippen molar-refractivity contribution >= 4 is 0 Å². The molecular formula is C18H20O3. The molecule has 2 aromatic rings. The second kappa shape index (κ2) is 5.88. The number of hydrogen-bond donors (Lipinski definition) is 2. The van der Waals surface area contributed by atoms with Crippen LogP contribution in [0.25, 0.3) is 0 Å². The Morgan fingerprint density at radius 1 is 1.05 bits per heavy atom. The summed E-state index contributed by atoms with van der Waals surface area (Å²) in [7, 11) is 0. The van der Waals surface area contributed by atoms with Gasteiger partial charge in [0.15, 0.2) is 0 Å². The summed E-state index contributed by atoms with van der Waals surface area (Å²) in [5.74, 6) is 0.886. The van der Waals surface area contributed by atoms with E-state index in [1.165, 1.54) is 0 Å². The molecule has 0 amide bonds. The summed E-state index contributed by atoms with van der Waals surface area (Å²) < 4.78 is 5.95. The molecule has 0 aromatic heterocycles. The van der Waals surface area contributed by atoms with E-state index in [4.69, 9.17) is 4.74 Å². The molecular weight excluding hydrogens is 264 g/mol. The summed E-state index contributed by atoms with van der Waals surface area (Å²) in [4.78, 5) is 0. The summed E-state index contributed by atoms with van der Waals surface area (Å²) in [5.41, 5.74) is 2.39. The number of rotatable bonds is 4. The van der Waals surface area contributed by atoms with E-state index in [-0.39, 0.29) is 6.61 Å². The van der Waals surface area contributed by atoms with Gasteiger partial charge in [-0.05, 0) is 35.6 Å². The Morgan fingerprint density at radius 3 is 2.62 bits per heavy atom. The van der Waals surface area contributed by atoms with Crippen LogP contribution in [-0.2, 0) is 19.4 Å². The van der Waals surface area contributed by atoms with Crippen LogP contribution < -0.4 is 4.74 Å². The van der Waals surface area contributed by atoms with Gasteiger partial charge in [-0.2, -0.15) is 0 Å². The molecule has 0 fully saturated rings. The number of benzene rings is 2. The van der Waals surface area contributed by atoms with E-state index in [0.29, 0.717) is 19.4 Å². The van der Waals surface area contributed by atoms with E-state index in [2.05, 4.69) is 0 Å². The Balaban J connectivity index is 1.77. The molecule has 1 aliphatic carbocycles. The van der Waals surface area contributed by atoms with Crippen molar-refractivity contribution in [3.05, 3.63) is 65.2 Å². The molecule has 0 saturated heterocycles. The molecule has 110 valence electrons. The number of fused-ring (bicyclic) bond motifs is 1. The Morgan fingerprint density at radius 2 is 1.86 bits per heavy atom. The first kappa shape index (κ1) is 14.1. The van der Waals surface area contributed by atoms with Crippen LogP contribution in [-0.4, -0.2) is 22.4 Å². The molecule has 1 aliphatic rings. The molecule has 3 nitrogen and oxygen atoms in total. The Hall–Kier alpha value is -1.84. The minimum Gasteiger partial charge on any atom is -0.489 e. The van der Waals surface area contributed by atoms with Gasteiger partial charge < -0.3 is 14.9 Å². The van der Waals surface area contributed by atoms with Crippen LogP contribution >= 0.6 is 0 Å². The molecule has 21 heavy (non-hydrogen) atoms. The first-order valence-corrected chi connectivity index (χ1v) is 7.31. The molecule has 0 bridgehead atoms. The van der Waals surface area contributed by atoms with Crippen molar-refractivity contribution in [1.29, 1.82) is 0 Å². The van der Waals surface area contributed by atoms with E-state index in [0.717, 1.165) is 28.9 Å². The van der Waals surface area contributed by atoms with Crippen LogP contribution in [0.15, 0.2) is 48.5 Å². The molecule has 0 aliphatic heterocycles. The summed E-state index contributed by atoms with van der Waals surface area (Å²) in [5, 5.41) is 19.6. The van der Waals surface area contributed by atoms with E-state index >= 15 is 0 Å². The number of aliphatic hydroxyl groups excluding tert-OH is 1. The Kier molecular flexibility index (Phi) is 3.95. The average Bonchev–Trinajstić information content (AvgIpc) is 2.53. The first-order valence-electron chi connectivity index (χ1n) is 7.31. The third-order valence-corrected chi connectivity index (χ3v) is 4.12. The quantitative estimate of drug-likeness (QED) is 0.907. The largest absolute Gasteiger partial charge is 0.489 e. The summed E-state index contributed by atoms with van der Waals surface area (Å²) in [6.07, 6.45) is 1.79. The van der Waals surface area contributed by atoms with Crippen LogP contribution in [0, 0.1) is 0 Å². The first-order chi connectivity index (χ1) is 10.2. The standard InChI is InChI=1S/C18H20O3/c19-13-18(20)10-9-16-15(11-18)7-4-8-17(16)21-12-14-5-2-1-3-6-14/h1-8,19-20H,9-13H2. The van der Waals surface area contributed by atoms with E-state index in [9.17, 15) is 10.2 Å². The highest BCUT2D eigenvalue weighted by atomic mass is 16.5. The predicted molar refractivity (Wildman–Crippen MR) is 81.3 cm³/mol. The smallest absolute Gasteiger partial charge is 0.123 e. The topological polar surface area (TPSA) is 49.7 Å². The van der Waals surface area contributed by atoms with Crippen molar-refractivity contribution in [2.45, 2.75) is 31.5 Å². The van der Waals surface area contributed by atoms with Crippen LogP contribution in [0.5, 0.6) is 5.75 Å². The maximum absolute atomic E-state index is 10.2. The van der Waals surface area contributed by atoms with Gasteiger partial charge in [-0.15, -0.1) is 0 Å². The van der Waals surface area contributed by atoms with Gasteiger partial charge in [0, 0.05) is 6.42 Å². The van der Waals surface area contributed by atoms with Gasteiger partial charge in [-0.25, -0.2) is 0 Å². The molecule has 2 aromatic carbocycles. The molecule has 2 N–H and O–H groups in total. The zero-order valence-corrected chi connectivity index (χ0v) is 12.0. The number of aliphatic hydroxyl groups is 2. The van der Waals surface area contributed by atoms with Crippen molar-refractivity contribution in [2.75, 3.05) is 6.61 Å². The van der Waals surface area contributed by atoms with Crippen LogP contribution in [0.2, 0.25) is 0 Å². The molecule has 3 rings (SSSR count). The second-order valence-electron chi connectivity index (χ2n) is 5.73. The van der Waals surface area contributed by atoms with E-state index < -0.39 is 5.60 Å². The van der Waals surface area contributed by atoms with E-state index in [1.54, 1.807) is 0 Å². The fraction of sp³-hybridized carbons (Fsp3) is 0.333. The van der Waals surface area contributed by atoms with Gasteiger partial charge in [-0.1, -0.05) is 42.5 Å². The normalized spacial score (nSPS) is 20.9. The second-order valence-corrected chi connectivity index (χ2v) is 5.73. The van der Waals surface area contributed by atoms with E-state index in [1.807, 2.05) is 48.5 Å². The predicted octanol–water partition coefficient (Wildman–Crippen LogP) is 2.48. The van der Waals surface area contributed by atoms with Gasteiger partial charge in [0.25, 0.3) is 0 Å². The van der Waals surface area contributed by atoms with Crippen molar-refractivity contribution in [2.24, 2.45) is 0 Å². The summed E-state index contributed by atoms with van der Waals surface area (Å²) in [6, 6.07) is 16.0. The molecule has 0 spiro atoms. The molecule has 0 saturated carbocycles. The van der Waals surface area contributed by atoms with Crippen molar-refractivity contribution in [3.63, 3.8) is 0 Å². The number of hydrogen-bond acceptors (Lipinski definition) is 3.